The van der Waals surface area contributed by atoms with Crippen LogP contribution >= 0.6 is 11.6 Å². The van der Waals surface area contributed by atoms with E-state index in [-0.39, 0.29) is 12.0 Å². The largest absolute Gasteiger partial charge is 0.373 e. The second kappa shape index (κ2) is 4.67. The Morgan fingerprint density at radius 3 is 3.08 bits per heavy atom. The summed E-state index contributed by atoms with van der Waals surface area (Å²) in [5.74, 6) is 0.654. The highest BCUT2D eigenvalue weighted by molar-refractivity contribution is 6.18. The number of alkyl halides is 1. The number of amides is 1. The van der Waals surface area contributed by atoms with Crippen molar-refractivity contribution in [3.8, 4) is 0 Å². The van der Waals surface area contributed by atoms with Gasteiger partial charge >= 0.3 is 0 Å². The number of ether oxygens (including phenoxy) is 1. The average molecular weight is 192 g/mol. The molecule has 0 aromatic rings. The second-order valence-electron chi connectivity index (χ2n) is 2.84. The maximum atomic E-state index is 11.3. The van der Waals surface area contributed by atoms with Crippen LogP contribution in [0.4, 0.5) is 0 Å². The minimum absolute atomic E-state index is 0.0240. The summed E-state index contributed by atoms with van der Waals surface area (Å²) in [5.41, 5.74) is 0. The van der Waals surface area contributed by atoms with E-state index in [1.54, 1.807) is 0 Å². The number of morpholine rings is 1. The lowest BCUT2D eigenvalue weighted by atomic mass is 10.3. The summed E-state index contributed by atoms with van der Waals surface area (Å²) >= 11 is 5.63. The number of carbonyl (C=O) groups excluding carboxylic acids is 1. The molecule has 0 aromatic carbocycles. The van der Waals surface area contributed by atoms with Crippen LogP contribution in [0, 0.1) is 0 Å². The fourth-order valence-corrected chi connectivity index (χ4v) is 1.45. The molecule has 1 fully saturated rings. The zero-order chi connectivity index (χ0) is 8.97. The minimum atomic E-state index is 0.0240. The van der Waals surface area contributed by atoms with Crippen LogP contribution in [0.3, 0.4) is 0 Å². The fraction of sp³-hybridized carbons (Fsp3) is 0.875. The van der Waals surface area contributed by atoms with E-state index in [1.165, 1.54) is 0 Å². The molecule has 1 amide bonds. The van der Waals surface area contributed by atoms with Crippen molar-refractivity contribution in [2.24, 2.45) is 0 Å². The maximum Gasteiger partial charge on any atom is 0.222 e. The van der Waals surface area contributed by atoms with Gasteiger partial charge in [0.25, 0.3) is 0 Å². The Morgan fingerprint density at radius 2 is 2.50 bits per heavy atom. The van der Waals surface area contributed by atoms with Gasteiger partial charge in [0.05, 0.1) is 18.6 Å². The lowest BCUT2D eigenvalue weighted by Crippen LogP contribution is -2.46. The van der Waals surface area contributed by atoms with Gasteiger partial charge in [-0.3, -0.25) is 4.79 Å². The lowest BCUT2D eigenvalue weighted by Gasteiger charge is -2.31. The third-order valence-electron chi connectivity index (χ3n) is 1.97. The minimum Gasteiger partial charge on any atom is -0.373 e. The Morgan fingerprint density at radius 1 is 1.75 bits per heavy atom. The smallest absolute Gasteiger partial charge is 0.222 e. The van der Waals surface area contributed by atoms with Crippen LogP contribution in [0.5, 0.6) is 0 Å². The monoisotopic (exact) mass is 191 g/mol. The Hall–Kier alpha value is -0.280. The van der Waals surface area contributed by atoms with E-state index in [4.69, 9.17) is 16.3 Å². The SMILES string of the molecule is CCC(=O)N1CCOC(CCl)C1. The first-order valence-electron chi connectivity index (χ1n) is 4.23. The molecule has 1 atom stereocenters. The number of hydrogen-bond donors (Lipinski definition) is 0. The summed E-state index contributed by atoms with van der Waals surface area (Å²) in [7, 11) is 0. The summed E-state index contributed by atoms with van der Waals surface area (Å²) in [6.07, 6.45) is 0.588. The number of hydrogen-bond acceptors (Lipinski definition) is 2. The summed E-state index contributed by atoms with van der Waals surface area (Å²) in [6.45, 7) is 3.84. The van der Waals surface area contributed by atoms with Crippen LogP contribution in [0.1, 0.15) is 13.3 Å². The van der Waals surface area contributed by atoms with Crippen molar-refractivity contribution in [3.63, 3.8) is 0 Å². The Kier molecular flexibility index (Phi) is 3.82. The third-order valence-corrected chi connectivity index (χ3v) is 2.31. The predicted octanol–water partition coefficient (Wildman–Crippen LogP) is 0.863. The summed E-state index contributed by atoms with van der Waals surface area (Å²) < 4.78 is 5.33. The molecule has 0 bridgehead atoms. The summed E-state index contributed by atoms with van der Waals surface area (Å²) in [6, 6.07) is 0. The lowest BCUT2D eigenvalue weighted by molar-refractivity contribution is -0.137. The molecular formula is C8H14ClNO2. The number of halogens is 1. The van der Waals surface area contributed by atoms with Crippen LogP contribution in [-0.4, -0.2) is 42.5 Å². The highest BCUT2D eigenvalue weighted by Crippen LogP contribution is 2.07. The predicted molar refractivity (Wildman–Crippen MR) is 47.3 cm³/mol. The first-order chi connectivity index (χ1) is 5.77. The Balaban J connectivity index is 2.40. The molecule has 70 valence electrons. The summed E-state index contributed by atoms with van der Waals surface area (Å²) in [4.78, 5) is 13.1. The molecule has 1 rings (SSSR count). The second-order valence-corrected chi connectivity index (χ2v) is 3.15. The molecule has 0 aliphatic carbocycles. The van der Waals surface area contributed by atoms with Gasteiger partial charge in [-0.05, 0) is 0 Å². The Bertz CT molecular complexity index is 163. The normalized spacial score (nSPS) is 24.2. The van der Waals surface area contributed by atoms with Gasteiger partial charge < -0.3 is 9.64 Å². The van der Waals surface area contributed by atoms with Crippen LogP contribution in [0.15, 0.2) is 0 Å². The van der Waals surface area contributed by atoms with Gasteiger partial charge in [0.15, 0.2) is 0 Å². The molecule has 4 heteroatoms. The standard InChI is InChI=1S/C8H14ClNO2/c1-2-8(11)10-3-4-12-7(5-9)6-10/h7H,2-6H2,1H3. The van der Waals surface area contributed by atoms with E-state index in [1.807, 2.05) is 11.8 Å². The molecule has 1 aliphatic rings. The fourth-order valence-electron chi connectivity index (χ4n) is 1.26. The van der Waals surface area contributed by atoms with E-state index >= 15 is 0 Å². The van der Waals surface area contributed by atoms with Crippen molar-refractivity contribution < 1.29 is 9.53 Å². The first-order valence-corrected chi connectivity index (χ1v) is 4.76. The number of carbonyl (C=O) groups is 1. The topological polar surface area (TPSA) is 29.5 Å². The maximum absolute atomic E-state index is 11.3. The highest BCUT2D eigenvalue weighted by atomic mass is 35.5. The van der Waals surface area contributed by atoms with Crippen molar-refractivity contribution in [1.82, 2.24) is 4.90 Å². The molecule has 0 aromatic heterocycles. The van der Waals surface area contributed by atoms with Crippen molar-refractivity contribution in [2.45, 2.75) is 19.4 Å². The van der Waals surface area contributed by atoms with Crippen LogP contribution in [0.25, 0.3) is 0 Å². The molecule has 3 nitrogen and oxygen atoms in total. The van der Waals surface area contributed by atoms with Crippen molar-refractivity contribution in [1.29, 1.82) is 0 Å². The van der Waals surface area contributed by atoms with Gasteiger partial charge in [0.2, 0.25) is 5.91 Å². The number of rotatable bonds is 2. The van der Waals surface area contributed by atoms with E-state index in [0.717, 1.165) is 0 Å². The van der Waals surface area contributed by atoms with Crippen LogP contribution in [0.2, 0.25) is 0 Å². The van der Waals surface area contributed by atoms with Gasteiger partial charge in [-0.2, -0.15) is 0 Å². The van der Waals surface area contributed by atoms with Gasteiger partial charge in [-0.15, -0.1) is 11.6 Å². The molecule has 0 spiro atoms. The van der Waals surface area contributed by atoms with Gasteiger partial charge in [0, 0.05) is 19.5 Å². The third kappa shape index (κ3) is 2.35. The van der Waals surface area contributed by atoms with E-state index in [0.29, 0.717) is 32.0 Å². The van der Waals surface area contributed by atoms with E-state index in [2.05, 4.69) is 0 Å². The molecule has 0 saturated carbocycles. The number of nitrogens with zero attached hydrogens (tertiary/aromatic N) is 1. The van der Waals surface area contributed by atoms with Crippen LogP contribution < -0.4 is 0 Å². The molecule has 1 heterocycles. The van der Waals surface area contributed by atoms with Crippen molar-refractivity contribution in [3.05, 3.63) is 0 Å². The van der Waals surface area contributed by atoms with Gasteiger partial charge in [-0.25, -0.2) is 0 Å². The van der Waals surface area contributed by atoms with Gasteiger partial charge in [-0.1, -0.05) is 6.92 Å². The average Bonchev–Trinajstić information content (AvgIpc) is 2.17. The molecular weight excluding hydrogens is 178 g/mol. The molecule has 1 aliphatic heterocycles. The molecule has 0 radical (unpaired) electrons. The van der Waals surface area contributed by atoms with E-state index in [9.17, 15) is 4.79 Å². The molecule has 1 unspecified atom stereocenters. The Labute approximate surface area is 77.6 Å². The first kappa shape index (κ1) is 9.81. The molecule has 12 heavy (non-hydrogen) atoms. The summed E-state index contributed by atoms with van der Waals surface area (Å²) in [5, 5.41) is 0. The molecule has 1 saturated heterocycles. The molecule has 0 N–H and O–H groups in total. The van der Waals surface area contributed by atoms with E-state index < -0.39 is 0 Å². The quantitative estimate of drug-likeness (QED) is 0.606. The zero-order valence-electron chi connectivity index (χ0n) is 7.25. The highest BCUT2D eigenvalue weighted by Gasteiger charge is 2.21. The van der Waals surface area contributed by atoms with Crippen molar-refractivity contribution >= 4 is 17.5 Å². The zero-order valence-corrected chi connectivity index (χ0v) is 8.01. The van der Waals surface area contributed by atoms with Crippen molar-refractivity contribution in [2.75, 3.05) is 25.6 Å². The van der Waals surface area contributed by atoms with Crippen LogP contribution in [-0.2, 0) is 9.53 Å². The van der Waals surface area contributed by atoms with Gasteiger partial charge in [0.1, 0.15) is 0 Å².